The molecule has 0 radical (unpaired) electrons. The molecule has 0 amide bonds. The maximum atomic E-state index is 13.5. The zero-order valence-electron chi connectivity index (χ0n) is 10.3. The number of nitrogens with zero attached hydrogens (tertiary/aromatic N) is 2. The lowest BCUT2D eigenvalue weighted by atomic mass is 10.0. The van der Waals surface area contributed by atoms with E-state index < -0.39 is 0 Å². The van der Waals surface area contributed by atoms with Crippen molar-refractivity contribution >= 4 is 5.69 Å². The summed E-state index contributed by atoms with van der Waals surface area (Å²) in [5.41, 5.74) is 9.43. The molecule has 0 spiro atoms. The maximum absolute atomic E-state index is 13.5. The van der Waals surface area contributed by atoms with Crippen LogP contribution in [-0.4, -0.2) is 9.78 Å². The highest BCUT2D eigenvalue weighted by atomic mass is 19.1. The second-order valence-corrected chi connectivity index (χ2v) is 4.10. The van der Waals surface area contributed by atoms with E-state index in [0.717, 1.165) is 29.1 Å². The molecule has 3 nitrogen and oxygen atoms in total. The Hall–Kier alpha value is -1.84. The molecule has 1 aromatic carbocycles. The highest BCUT2D eigenvalue weighted by Gasteiger charge is 2.13. The highest BCUT2D eigenvalue weighted by Crippen LogP contribution is 2.28. The Morgan fingerprint density at radius 2 is 2.06 bits per heavy atom. The first-order valence-electron chi connectivity index (χ1n) is 5.64. The number of rotatable bonds is 2. The fraction of sp³-hybridized carbons (Fsp3) is 0.308. The molecule has 90 valence electrons. The van der Waals surface area contributed by atoms with Crippen molar-refractivity contribution in [2.75, 3.05) is 5.73 Å². The Bertz CT molecular complexity index is 558. The molecule has 0 atom stereocenters. The van der Waals surface area contributed by atoms with Crippen molar-refractivity contribution in [2.45, 2.75) is 27.3 Å². The van der Waals surface area contributed by atoms with E-state index in [1.807, 2.05) is 31.5 Å². The summed E-state index contributed by atoms with van der Waals surface area (Å²) < 4.78 is 15.4. The topological polar surface area (TPSA) is 43.8 Å². The molecule has 1 aromatic heterocycles. The first-order valence-corrected chi connectivity index (χ1v) is 5.64. The zero-order chi connectivity index (χ0) is 12.6. The molecule has 0 saturated heterocycles. The van der Waals surface area contributed by atoms with Crippen LogP contribution in [0.5, 0.6) is 0 Å². The Balaban J connectivity index is 2.60. The number of hydrogen-bond donors (Lipinski definition) is 1. The van der Waals surface area contributed by atoms with Crippen LogP contribution in [-0.2, 0) is 6.54 Å². The van der Waals surface area contributed by atoms with E-state index in [2.05, 4.69) is 5.10 Å². The normalized spacial score (nSPS) is 10.8. The molecule has 2 aromatic rings. The molecule has 0 bridgehead atoms. The Morgan fingerprint density at radius 1 is 1.35 bits per heavy atom. The molecular formula is C13H16FN3. The number of hydrogen-bond acceptors (Lipinski definition) is 2. The lowest BCUT2D eigenvalue weighted by Crippen LogP contribution is -1.98. The molecule has 0 aliphatic carbocycles. The standard InChI is InChI=1S/C13H16FN3/c1-4-17-9(3)13(8(2)16-17)10-5-6-12(15)11(14)7-10/h5-7H,4,15H2,1-3H3. The molecule has 0 unspecified atom stereocenters. The summed E-state index contributed by atoms with van der Waals surface area (Å²) in [6.07, 6.45) is 0. The predicted molar refractivity (Wildman–Crippen MR) is 67.2 cm³/mol. The molecule has 0 aliphatic rings. The lowest BCUT2D eigenvalue weighted by molar-refractivity contribution is 0.632. The summed E-state index contributed by atoms with van der Waals surface area (Å²) in [6.45, 7) is 6.77. The molecular weight excluding hydrogens is 217 g/mol. The number of anilines is 1. The van der Waals surface area contributed by atoms with Gasteiger partial charge < -0.3 is 5.73 Å². The van der Waals surface area contributed by atoms with Gasteiger partial charge in [-0.05, 0) is 38.5 Å². The summed E-state index contributed by atoms with van der Waals surface area (Å²) in [5.74, 6) is -0.384. The van der Waals surface area contributed by atoms with Crippen LogP contribution in [0.15, 0.2) is 18.2 Å². The van der Waals surface area contributed by atoms with E-state index in [0.29, 0.717) is 0 Å². The van der Waals surface area contributed by atoms with Gasteiger partial charge in [-0.3, -0.25) is 4.68 Å². The predicted octanol–water partition coefficient (Wildman–Crippen LogP) is 2.91. The van der Waals surface area contributed by atoms with E-state index in [9.17, 15) is 4.39 Å². The Morgan fingerprint density at radius 3 is 2.59 bits per heavy atom. The molecule has 0 saturated carbocycles. The van der Waals surface area contributed by atoms with Crippen molar-refractivity contribution in [2.24, 2.45) is 0 Å². The molecule has 17 heavy (non-hydrogen) atoms. The average molecular weight is 233 g/mol. The van der Waals surface area contributed by atoms with E-state index >= 15 is 0 Å². The van der Waals surface area contributed by atoms with Crippen molar-refractivity contribution in [3.05, 3.63) is 35.4 Å². The molecule has 2 rings (SSSR count). The van der Waals surface area contributed by atoms with E-state index in [-0.39, 0.29) is 11.5 Å². The van der Waals surface area contributed by atoms with Gasteiger partial charge in [-0.2, -0.15) is 5.10 Å². The van der Waals surface area contributed by atoms with E-state index in [1.54, 1.807) is 6.07 Å². The van der Waals surface area contributed by atoms with Gasteiger partial charge in [0.15, 0.2) is 0 Å². The zero-order valence-corrected chi connectivity index (χ0v) is 10.3. The largest absolute Gasteiger partial charge is 0.396 e. The quantitative estimate of drug-likeness (QED) is 0.810. The van der Waals surface area contributed by atoms with Gasteiger partial charge in [-0.1, -0.05) is 6.07 Å². The average Bonchev–Trinajstić information content (AvgIpc) is 2.58. The number of aromatic nitrogens is 2. The summed E-state index contributed by atoms with van der Waals surface area (Å²) in [5, 5.41) is 4.42. The molecule has 2 N–H and O–H groups in total. The third-order valence-electron chi connectivity index (χ3n) is 2.97. The minimum atomic E-state index is -0.384. The first-order chi connectivity index (χ1) is 8.04. The number of aryl methyl sites for hydroxylation is 2. The van der Waals surface area contributed by atoms with Crippen LogP contribution >= 0.6 is 0 Å². The Labute approximate surface area is 100 Å². The Kier molecular flexibility index (Phi) is 2.88. The first kappa shape index (κ1) is 11.6. The number of halogens is 1. The van der Waals surface area contributed by atoms with E-state index in [1.165, 1.54) is 6.07 Å². The van der Waals surface area contributed by atoms with Gasteiger partial charge in [-0.25, -0.2) is 4.39 Å². The van der Waals surface area contributed by atoms with E-state index in [4.69, 9.17) is 5.73 Å². The van der Waals surface area contributed by atoms with Crippen molar-refractivity contribution in [1.82, 2.24) is 9.78 Å². The second-order valence-electron chi connectivity index (χ2n) is 4.10. The van der Waals surface area contributed by atoms with Crippen LogP contribution in [0.2, 0.25) is 0 Å². The summed E-state index contributed by atoms with van der Waals surface area (Å²) in [6, 6.07) is 4.88. The monoisotopic (exact) mass is 233 g/mol. The van der Waals surface area contributed by atoms with Crippen LogP contribution in [0.1, 0.15) is 18.3 Å². The van der Waals surface area contributed by atoms with Crippen molar-refractivity contribution in [3.8, 4) is 11.1 Å². The van der Waals surface area contributed by atoms with Gasteiger partial charge in [0.05, 0.1) is 11.4 Å². The maximum Gasteiger partial charge on any atom is 0.146 e. The summed E-state index contributed by atoms with van der Waals surface area (Å²) in [7, 11) is 0. The third-order valence-corrected chi connectivity index (χ3v) is 2.97. The van der Waals surface area contributed by atoms with Gasteiger partial charge in [0.2, 0.25) is 0 Å². The molecule has 4 heteroatoms. The summed E-state index contributed by atoms with van der Waals surface area (Å²) >= 11 is 0. The van der Waals surface area contributed by atoms with Crippen LogP contribution < -0.4 is 5.73 Å². The van der Waals surface area contributed by atoms with Gasteiger partial charge >= 0.3 is 0 Å². The highest BCUT2D eigenvalue weighted by molar-refractivity contribution is 5.70. The van der Waals surface area contributed by atoms with Gasteiger partial charge in [0.25, 0.3) is 0 Å². The molecule has 0 aliphatic heterocycles. The van der Waals surface area contributed by atoms with Crippen molar-refractivity contribution < 1.29 is 4.39 Å². The van der Waals surface area contributed by atoms with Crippen LogP contribution in [0.3, 0.4) is 0 Å². The number of nitrogens with two attached hydrogens (primary N) is 1. The van der Waals surface area contributed by atoms with Crippen LogP contribution in [0.25, 0.3) is 11.1 Å². The van der Waals surface area contributed by atoms with Gasteiger partial charge in [-0.15, -0.1) is 0 Å². The fourth-order valence-corrected chi connectivity index (χ4v) is 2.11. The third kappa shape index (κ3) is 1.90. The van der Waals surface area contributed by atoms with Crippen LogP contribution in [0.4, 0.5) is 10.1 Å². The fourth-order valence-electron chi connectivity index (χ4n) is 2.11. The number of nitrogen functional groups attached to an aromatic ring is 1. The summed E-state index contributed by atoms with van der Waals surface area (Å²) in [4.78, 5) is 0. The second kappa shape index (κ2) is 4.20. The van der Waals surface area contributed by atoms with Crippen LogP contribution in [0, 0.1) is 19.7 Å². The van der Waals surface area contributed by atoms with Gasteiger partial charge in [0, 0.05) is 17.8 Å². The number of benzene rings is 1. The minimum Gasteiger partial charge on any atom is -0.396 e. The van der Waals surface area contributed by atoms with Crippen molar-refractivity contribution in [3.63, 3.8) is 0 Å². The molecule has 0 fully saturated rings. The lowest BCUT2D eigenvalue weighted by Gasteiger charge is -2.04. The smallest absolute Gasteiger partial charge is 0.146 e. The SMILES string of the molecule is CCn1nc(C)c(-c2ccc(N)c(F)c2)c1C. The van der Waals surface area contributed by atoms with Gasteiger partial charge in [0.1, 0.15) is 5.82 Å². The minimum absolute atomic E-state index is 0.173. The molecule has 1 heterocycles. The van der Waals surface area contributed by atoms with Crippen molar-refractivity contribution in [1.29, 1.82) is 0 Å².